The lowest BCUT2D eigenvalue weighted by Crippen LogP contribution is -2.22. The van der Waals surface area contributed by atoms with Gasteiger partial charge in [0, 0.05) is 5.69 Å². The fraction of sp³-hybridized carbons (Fsp3) is 0.231. The number of nitrogens with one attached hydrogen (secondary N) is 1. The van der Waals surface area contributed by atoms with Crippen LogP contribution < -0.4 is 5.32 Å². The first-order valence-corrected chi connectivity index (χ1v) is 5.96. The van der Waals surface area contributed by atoms with E-state index in [9.17, 15) is 9.59 Å². The maximum Gasteiger partial charge on any atom is 0.355 e. The van der Waals surface area contributed by atoms with Crippen molar-refractivity contribution in [2.75, 3.05) is 5.32 Å². The summed E-state index contributed by atoms with van der Waals surface area (Å²) in [6, 6.07) is 5.71. The maximum absolute atomic E-state index is 11.9. The van der Waals surface area contributed by atoms with Crippen LogP contribution in [0.5, 0.6) is 0 Å². The first-order valence-electron chi connectivity index (χ1n) is 5.96. The number of hydrogen-bond acceptors (Lipinski definition) is 4. The predicted octanol–water partition coefficient (Wildman–Crippen LogP) is 1.23. The van der Waals surface area contributed by atoms with Gasteiger partial charge in [-0.05, 0) is 31.0 Å². The number of aromatic nitrogens is 3. The topological polar surface area (TPSA) is 97.1 Å². The fourth-order valence-electron chi connectivity index (χ4n) is 1.74. The molecule has 0 aliphatic rings. The summed E-state index contributed by atoms with van der Waals surface area (Å²) in [4.78, 5) is 22.8. The molecule has 0 unspecified atom stereocenters. The van der Waals surface area contributed by atoms with Crippen LogP contribution in [0.1, 0.15) is 21.6 Å². The van der Waals surface area contributed by atoms with Gasteiger partial charge in [0.1, 0.15) is 6.54 Å². The van der Waals surface area contributed by atoms with E-state index in [4.69, 9.17) is 5.11 Å². The molecule has 104 valence electrons. The third-order valence-corrected chi connectivity index (χ3v) is 2.80. The number of carbonyl (C=O) groups is 2. The van der Waals surface area contributed by atoms with Crippen molar-refractivity contribution in [2.45, 2.75) is 20.4 Å². The SMILES string of the molecule is Cc1ccc(C)c(NC(=O)Cn2nncc2C(=O)O)c1. The maximum atomic E-state index is 11.9. The zero-order valence-corrected chi connectivity index (χ0v) is 11.1. The largest absolute Gasteiger partial charge is 0.476 e. The number of amides is 1. The summed E-state index contributed by atoms with van der Waals surface area (Å²) in [6.45, 7) is 3.61. The van der Waals surface area contributed by atoms with E-state index in [1.165, 1.54) is 0 Å². The van der Waals surface area contributed by atoms with Gasteiger partial charge in [-0.15, -0.1) is 5.10 Å². The number of carboxylic acid groups (broad SMARTS) is 1. The Morgan fingerprint density at radius 3 is 2.80 bits per heavy atom. The van der Waals surface area contributed by atoms with Crippen LogP contribution in [-0.2, 0) is 11.3 Å². The minimum absolute atomic E-state index is 0.124. The smallest absolute Gasteiger partial charge is 0.355 e. The van der Waals surface area contributed by atoms with E-state index < -0.39 is 5.97 Å². The third kappa shape index (κ3) is 3.00. The van der Waals surface area contributed by atoms with Gasteiger partial charge in [0.15, 0.2) is 5.69 Å². The highest BCUT2D eigenvalue weighted by atomic mass is 16.4. The molecule has 0 saturated carbocycles. The summed E-state index contributed by atoms with van der Waals surface area (Å²) in [6.07, 6.45) is 1.10. The number of carbonyl (C=O) groups excluding carboxylic acids is 1. The average molecular weight is 274 g/mol. The molecule has 7 heteroatoms. The van der Waals surface area contributed by atoms with Crippen LogP contribution in [0.2, 0.25) is 0 Å². The highest BCUT2D eigenvalue weighted by Gasteiger charge is 2.14. The number of nitrogens with zero attached hydrogens (tertiary/aromatic N) is 3. The first kappa shape index (κ1) is 13.7. The van der Waals surface area contributed by atoms with Gasteiger partial charge in [0.25, 0.3) is 0 Å². The van der Waals surface area contributed by atoms with Crippen LogP contribution in [0.4, 0.5) is 5.69 Å². The molecule has 0 radical (unpaired) electrons. The molecule has 2 rings (SSSR count). The third-order valence-electron chi connectivity index (χ3n) is 2.80. The summed E-state index contributed by atoms with van der Waals surface area (Å²) in [7, 11) is 0. The molecule has 0 saturated heterocycles. The Bertz CT molecular complexity index is 663. The molecule has 0 atom stereocenters. The quantitative estimate of drug-likeness (QED) is 0.874. The van der Waals surface area contributed by atoms with E-state index in [0.717, 1.165) is 22.0 Å². The van der Waals surface area contributed by atoms with Gasteiger partial charge in [-0.2, -0.15) is 0 Å². The molecular formula is C13H14N4O3. The molecule has 7 nitrogen and oxygen atoms in total. The van der Waals surface area contributed by atoms with E-state index >= 15 is 0 Å². The lowest BCUT2D eigenvalue weighted by Gasteiger charge is -2.09. The van der Waals surface area contributed by atoms with E-state index in [-0.39, 0.29) is 18.1 Å². The first-order chi connectivity index (χ1) is 9.47. The average Bonchev–Trinajstić information content (AvgIpc) is 2.82. The molecule has 0 aliphatic heterocycles. The minimum atomic E-state index is -1.17. The van der Waals surface area contributed by atoms with Crippen molar-refractivity contribution >= 4 is 17.6 Å². The van der Waals surface area contributed by atoms with Crippen LogP contribution in [0.25, 0.3) is 0 Å². The number of hydrogen-bond donors (Lipinski definition) is 2. The molecule has 2 N–H and O–H groups in total. The van der Waals surface area contributed by atoms with Gasteiger partial charge < -0.3 is 10.4 Å². The van der Waals surface area contributed by atoms with Crippen molar-refractivity contribution in [3.63, 3.8) is 0 Å². The Labute approximate surface area is 115 Å². The molecule has 0 aliphatic carbocycles. The summed E-state index contributed by atoms with van der Waals surface area (Å²) in [5.74, 6) is -1.53. The van der Waals surface area contributed by atoms with E-state index in [0.29, 0.717) is 5.69 Å². The normalized spacial score (nSPS) is 10.3. The zero-order chi connectivity index (χ0) is 14.7. The number of aromatic carboxylic acids is 1. The second-order valence-corrected chi connectivity index (χ2v) is 4.45. The lowest BCUT2D eigenvalue weighted by atomic mass is 10.1. The second kappa shape index (κ2) is 5.52. The Hall–Kier alpha value is -2.70. The standard InChI is InChI=1S/C13H14N4O3/c1-8-3-4-9(2)10(5-8)15-12(18)7-17-11(13(19)20)6-14-16-17/h3-6H,7H2,1-2H3,(H,15,18)(H,19,20). The lowest BCUT2D eigenvalue weighted by molar-refractivity contribution is -0.116. The molecule has 0 bridgehead atoms. The van der Waals surface area contributed by atoms with Crippen LogP contribution in [0.15, 0.2) is 24.4 Å². The van der Waals surface area contributed by atoms with Crippen molar-refractivity contribution in [3.05, 3.63) is 41.2 Å². The fourth-order valence-corrected chi connectivity index (χ4v) is 1.74. The van der Waals surface area contributed by atoms with E-state index in [1.807, 2.05) is 32.0 Å². The van der Waals surface area contributed by atoms with Crippen LogP contribution in [0, 0.1) is 13.8 Å². The van der Waals surface area contributed by atoms with Crippen molar-refractivity contribution < 1.29 is 14.7 Å². The Morgan fingerprint density at radius 2 is 2.10 bits per heavy atom. The highest BCUT2D eigenvalue weighted by Crippen LogP contribution is 2.16. The Balaban J connectivity index is 2.11. The van der Waals surface area contributed by atoms with Gasteiger partial charge in [-0.1, -0.05) is 17.3 Å². The van der Waals surface area contributed by atoms with Crippen LogP contribution >= 0.6 is 0 Å². The molecule has 0 fully saturated rings. The van der Waals surface area contributed by atoms with Crippen molar-refractivity contribution in [1.29, 1.82) is 0 Å². The molecule has 2 aromatic rings. The molecule has 0 spiro atoms. The van der Waals surface area contributed by atoms with Gasteiger partial charge in [-0.3, -0.25) is 4.79 Å². The molecule has 1 heterocycles. The van der Waals surface area contributed by atoms with Gasteiger partial charge >= 0.3 is 5.97 Å². The van der Waals surface area contributed by atoms with E-state index in [2.05, 4.69) is 15.6 Å². The number of carboxylic acids is 1. The zero-order valence-electron chi connectivity index (χ0n) is 11.1. The molecule has 1 amide bonds. The summed E-state index contributed by atoms with van der Waals surface area (Å²) < 4.78 is 1.04. The van der Waals surface area contributed by atoms with Crippen molar-refractivity contribution in [2.24, 2.45) is 0 Å². The highest BCUT2D eigenvalue weighted by molar-refractivity contribution is 5.92. The van der Waals surface area contributed by atoms with E-state index in [1.54, 1.807) is 0 Å². The molecule has 20 heavy (non-hydrogen) atoms. The Kier molecular flexibility index (Phi) is 3.79. The van der Waals surface area contributed by atoms with Crippen LogP contribution in [-0.4, -0.2) is 32.0 Å². The van der Waals surface area contributed by atoms with Gasteiger partial charge in [0.2, 0.25) is 5.91 Å². The van der Waals surface area contributed by atoms with Gasteiger partial charge in [0.05, 0.1) is 6.20 Å². The van der Waals surface area contributed by atoms with Gasteiger partial charge in [-0.25, -0.2) is 9.48 Å². The number of aryl methyl sites for hydroxylation is 2. The summed E-state index contributed by atoms with van der Waals surface area (Å²) in [5, 5.41) is 18.7. The Morgan fingerprint density at radius 1 is 1.35 bits per heavy atom. The molecule has 1 aromatic carbocycles. The number of rotatable bonds is 4. The minimum Gasteiger partial charge on any atom is -0.476 e. The van der Waals surface area contributed by atoms with Crippen molar-refractivity contribution in [3.8, 4) is 0 Å². The number of benzene rings is 1. The predicted molar refractivity (Wildman–Crippen MR) is 71.5 cm³/mol. The number of anilines is 1. The summed E-state index contributed by atoms with van der Waals surface area (Å²) >= 11 is 0. The van der Waals surface area contributed by atoms with Crippen molar-refractivity contribution in [1.82, 2.24) is 15.0 Å². The summed E-state index contributed by atoms with van der Waals surface area (Å²) in [5.41, 5.74) is 2.53. The molecule has 1 aromatic heterocycles. The second-order valence-electron chi connectivity index (χ2n) is 4.45. The molecular weight excluding hydrogens is 260 g/mol. The van der Waals surface area contributed by atoms with Crippen LogP contribution in [0.3, 0.4) is 0 Å². The monoisotopic (exact) mass is 274 g/mol.